The van der Waals surface area contributed by atoms with E-state index in [1.165, 1.54) is 32.2 Å². The standard InChI is InChI=1S/C19H18F4N4O3/c1-18(2,20)15(11-5-7-12(8-6-11)30-19(21,22)23)26-17(29)27-10-14(28)25-13-4-3-9-24-16(13)27/h3-9,15H,10H2,1-2H3,(H,25,28)(H,26,29). The molecule has 3 rings (SSSR count). The second-order valence-electron chi connectivity index (χ2n) is 7.07. The zero-order valence-electron chi connectivity index (χ0n) is 16.0. The number of nitrogens with one attached hydrogen (secondary N) is 2. The molecule has 1 aromatic carbocycles. The number of pyridine rings is 1. The third-order valence-electron chi connectivity index (χ3n) is 4.26. The molecule has 2 aromatic rings. The first-order valence-electron chi connectivity index (χ1n) is 8.81. The number of urea groups is 1. The van der Waals surface area contributed by atoms with Gasteiger partial charge >= 0.3 is 12.4 Å². The summed E-state index contributed by atoms with van der Waals surface area (Å²) >= 11 is 0. The molecule has 0 spiro atoms. The van der Waals surface area contributed by atoms with Crippen molar-refractivity contribution in [2.24, 2.45) is 0 Å². The number of halogens is 4. The largest absolute Gasteiger partial charge is 0.573 e. The van der Waals surface area contributed by atoms with Gasteiger partial charge in [0.15, 0.2) is 5.82 Å². The minimum Gasteiger partial charge on any atom is -0.406 e. The van der Waals surface area contributed by atoms with Gasteiger partial charge < -0.3 is 15.4 Å². The summed E-state index contributed by atoms with van der Waals surface area (Å²) in [5, 5.41) is 5.08. The predicted molar refractivity (Wildman–Crippen MR) is 99.8 cm³/mol. The zero-order valence-corrected chi connectivity index (χ0v) is 16.0. The number of hydrogen-bond acceptors (Lipinski definition) is 4. The van der Waals surface area contributed by atoms with E-state index in [1.807, 2.05) is 0 Å². The highest BCUT2D eigenvalue weighted by Gasteiger charge is 2.36. The molecule has 1 aliphatic rings. The Balaban J connectivity index is 1.84. The fourth-order valence-electron chi connectivity index (χ4n) is 3.00. The van der Waals surface area contributed by atoms with E-state index in [4.69, 9.17) is 0 Å². The number of hydrogen-bond donors (Lipinski definition) is 2. The molecule has 30 heavy (non-hydrogen) atoms. The number of rotatable bonds is 4. The van der Waals surface area contributed by atoms with Gasteiger partial charge in [0.05, 0.1) is 11.7 Å². The predicted octanol–water partition coefficient (Wildman–Crippen LogP) is 3.94. The van der Waals surface area contributed by atoms with Crippen LogP contribution >= 0.6 is 0 Å². The lowest BCUT2D eigenvalue weighted by molar-refractivity contribution is -0.274. The fraction of sp³-hybridized carbons (Fsp3) is 0.316. The molecule has 0 bridgehead atoms. The lowest BCUT2D eigenvalue weighted by Crippen LogP contribution is -2.51. The Hall–Kier alpha value is -3.37. The Kier molecular flexibility index (Phi) is 5.55. The summed E-state index contributed by atoms with van der Waals surface area (Å²) in [5.74, 6) is -0.729. The van der Waals surface area contributed by atoms with Gasteiger partial charge in [-0.2, -0.15) is 0 Å². The lowest BCUT2D eigenvalue weighted by atomic mass is 9.93. The van der Waals surface area contributed by atoms with Crippen molar-refractivity contribution in [1.29, 1.82) is 0 Å². The Morgan fingerprint density at radius 1 is 1.20 bits per heavy atom. The van der Waals surface area contributed by atoms with Gasteiger partial charge in [0.2, 0.25) is 5.91 Å². The summed E-state index contributed by atoms with van der Waals surface area (Å²) < 4.78 is 55.7. The molecule has 2 N–H and O–H groups in total. The smallest absolute Gasteiger partial charge is 0.406 e. The van der Waals surface area contributed by atoms with Crippen LogP contribution in [0.15, 0.2) is 42.6 Å². The maximum atomic E-state index is 14.9. The summed E-state index contributed by atoms with van der Waals surface area (Å²) in [6.45, 7) is 2.11. The SMILES string of the molecule is CC(C)(F)C(NC(=O)N1CC(=O)Nc2cccnc21)c1ccc(OC(F)(F)F)cc1. The molecule has 3 amide bonds. The molecular weight excluding hydrogens is 408 g/mol. The fourth-order valence-corrected chi connectivity index (χ4v) is 3.00. The van der Waals surface area contributed by atoms with Crippen LogP contribution in [0.3, 0.4) is 0 Å². The molecule has 0 saturated carbocycles. The van der Waals surface area contributed by atoms with E-state index in [2.05, 4.69) is 20.4 Å². The van der Waals surface area contributed by atoms with Crippen molar-refractivity contribution in [3.05, 3.63) is 48.2 Å². The van der Waals surface area contributed by atoms with E-state index < -0.39 is 35.8 Å². The van der Waals surface area contributed by atoms with E-state index in [0.29, 0.717) is 5.69 Å². The monoisotopic (exact) mass is 426 g/mol. The van der Waals surface area contributed by atoms with E-state index in [9.17, 15) is 27.2 Å². The highest BCUT2D eigenvalue weighted by atomic mass is 19.4. The molecule has 0 fully saturated rings. The van der Waals surface area contributed by atoms with Crippen molar-refractivity contribution in [3.63, 3.8) is 0 Å². The first-order chi connectivity index (χ1) is 13.9. The summed E-state index contributed by atoms with van der Waals surface area (Å²) in [6.07, 6.45) is -3.42. The second-order valence-corrected chi connectivity index (χ2v) is 7.07. The van der Waals surface area contributed by atoms with Crippen LogP contribution in [0.2, 0.25) is 0 Å². The maximum absolute atomic E-state index is 14.9. The normalized spacial score (nSPS) is 15.1. The van der Waals surface area contributed by atoms with E-state index in [1.54, 1.807) is 12.1 Å². The van der Waals surface area contributed by atoms with Crippen LogP contribution in [0.25, 0.3) is 0 Å². The summed E-state index contributed by atoms with van der Waals surface area (Å²) in [4.78, 5) is 29.9. The number of benzene rings is 1. The van der Waals surface area contributed by atoms with Gasteiger partial charge in [-0.05, 0) is 43.7 Å². The number of amides is 3. The highest BCUT2D eigenvalue weighted by molar-refractivity contribution is 6.08. The molecule has 11 heteroatoms. The minimum absolute atomic E-state index is 0.193. The number of fused-ring (bicyclic) bond motifs is 1. The van der Waals surface area contributed by atoms with Gasteiger partial charge in [0.25, 0.3) is 0 Å². The summed E-state index contributed by atoms with van der Waals surface area (Å²) in [5.41, 5.74) is -1.44. The molecule has 160 valence electrons. The Morgan fingerprint density at radius 2 is 1.87 bits per heavy atom. The molecule has 0 aliphatic carbocycles. The van der Waals surface area contributed by atoms with Gasteiger partial charge in [-0.15, -0.1) is 13.2 Å². The van der Waals surface area contributed by atoms with Crippen molar-refractivity contribution < 1.29 is 31.9 Å². The zero-order chi connectivity index (χ0) is 22.1. The number of anilines is 2. The number of aromatic nitrogens is 1. The molecule has 1 aromatic heterocycles. The van der Waals surface area contributed by atoms with Crippen LogP contribution in [0.5, 0.6) is 5.75 Å². The molecule has 1 aliphatic heterocycles. The van der Waals surface area contributed by atoms with Crippen molar-refractivity contribution >= 4 is 23.4 Å². The minimum atomic E-state index is -4.86. The van der Waals surface area contributed by atoms with E-state index in [-0.39, 0.29) is 17.9 Å². The van der Waals surface area contributed by atoms with Crippen molar-refractivity contribution in [2.75, 3.05) is 16.8 Å². The highest BCUT2D eigenvalue weighted by Crippen LogP contribution is 2.33. The second kappa shape index (κ2) is 7.81. The average Bonchev–Trinajstić information content (AvgIpc) is 2.64. The van der Waals surface area contributed by atoms with Crippen LogP contribution in [-0.2, 0) is 4.79 Å². The van der Waals surface area contributed by atoms with Gasteiger partial charge in [-0.25, -0.2) is 14.2 Å². The topological polar surface area (TPSA) is 83.6 Å². The molecule has 7 nitrogen and oxygen atoms in total. The molecule has 1 atom stereocenters. The van der Waals surface area contributed by atoms with Gasteiger partial charge in [-0.3, -0.25) is 9.69 Å². The number of carbonyl (C=O) groups excluding carboxylic acids is 2. The molecular formula is C19H18F4N4O3. The van der Waals surface area contributed by atoms with Gasteiger partial charge in [-0.1, -0.05) is 12.1 Å². The lowest BCUT2D eigenvalue weighted by Gasteiger charge is -2.33. The Bertz CT molecular complexity index is 942. The van der Waals surface area contributed by atoms with E-state index in [0.717, 1.165) is 17.0 Å². The van der Waals surface area contributed by atoms with Crippen molar-refractivity contribution in [3.8, 4) is 5.75 Å². The van der Waals surface area contributed by atoms with Crippen molar-refractivity contribution in [2.45, 2.75) is 31.9 Å². The quantitative estimate of drug-likeness (QED) is 0.726. The third kappa shape index (κ3) is 4.97. The number of carbonyl (C=O) groups is 2. The van der Waals surface area contributed by atoms with Crippen LogP contribution in [0.1, 0.15) is 25.5 Å². The summed E-state index contributed by atoms with van der Waals surface area (Å²) in [7, 11) is 0. The maximum Gasteiger partial charge on any atom is 0.573 e. The Morgan fingerprint density at radius 3 is 2.47 bits per heavy atom. The summed E-state index contributed by atoms with van der Waals surface area (Å²) in [6, 6.07) is 5.65. The number of alkyl halides is 4. The van der Waals surface area contributed by atoms with Crippen LogP contribution < -0.4 is 20.3 Å². The first-order valence-corrected chi connectivity index (χ1v) is 8.81. The molecule has 0 radical (unpaired) electrons. The number of nitrogens with zero attached hydrogens (tertiary/aromatic N) is 2. The molecule has 0 saturated heterocycles. The van der Waals surface area contributed by atoms with Gasteiger partial charge in [0.1, 0.15) is 18.0 Å². The van der Waals surface area contributed by atoms with Crippen LogP contribution in [-0.4, -0.2) is 35.5 Å². The average molecular weight is 426 g/mol. The molecule has 1 unspecified atom stereocenters. The van der Waals surface area contributed by atoms with E-state index >= 15 is 0 Å². The van der Waals surface area contributed by atoms with Gasteiger partial charge in [0, 0.05) is 6.20 Å². The Labute approximate surface area is 169 Å². The van der Waals surface area contributed by atoms with Crippen molar-refractivity contribution in [1.82, 2.24) is 10.3 Å². The van der Waals surface area contributed by atoms with Crippen LogP contribution in [0.4, 0.5) is 33.9 Å². The first kappa shape index (κ1) is 21.3. The molecule has 2 heterocycles. The number of ether oxygens (including phenoxy) is 1. The van der Waals surface area contributed by atoms with Crippen LogP contribution in [0, 0.1) is 0 Å². The third-order valence-corrected chi connectivity index (χ3v) is 4.26.